The molecule has 0 fully saturated rings. The number of amides is 1. The number of fused-ring (bicyclic) bond motifs is 1. The zero-order chi connectivity index (χ0) is 15.9. The van der Waals surface area contributed by atoms with Crippen LogP contribution in [0.15, 0.2) is 34.7 Å². The molecule has 0 saturated carbocycles. The van der Waals surface area contributed by atoms with Crippen molar-refractivity contribution in [1.29, 1.82) is 0 Å². The van der Waals surface area contributed by atoms with E-state index in [0.717, 1.165) is 33.4 Å². The number of carbonyl (C=O) groups is 1. The molecule has 0 bridgehead atoms. The van der Waals surface area contributed by atoms with Gasteiger partial charge in [0.05, 0.1) is 0 Å². The highest BCUT2D eigenvalue weighted by molar-refractivity contribution is 6.06. The average Bonchev–Trinajstić information content (AvgIpc) is 2.82. The summed E-state index contributed by atoms with van der Waals surface area (Å²) < 4.78 is 5.69. The lowest BCUT2D eigenvalue weighted by Crippen LogP contribution is -2.15. The van der Waals surface area contributed by atoms with Gasteiger partial charge in [0.25, 0.3) is 5.91 Å². The van der Waals surface area contributed by atoms with Crippen LogP contribution in [0.25, 0.3) is 11.0 Å². The van der Waals surface area contributed by atoms with Crippen molar-refractivity contribution in [3.8, 4) is 0 Å². The van der Waals surface area contributed by atoms with E-state index in [2.05, 4.69) is 10.3 Å². The number of rotatable bonds is 2. The fraction of sp³-hybridized carbons (Fsp3) is 0.222. The first-order chi connectivity index (χ1) is 10.5. The van der Waals surface area contributed by atoms with Gasteiger partial charge in [-0.1, -0.05) is 18.2 Å². The largest absolute Gasteiger partial charge is 0.451 e. The minimum absolute atomic E-state index is 0.269. The van der Waals surface area contributed by atoms with Gasteiger partial charge in [0.2, 0.25) is 0 Å². The lowest BCUT2D eigenvalue weighted by Gasteiger charge is -2.10. The molecule has 0 aliphatic carbocycles. The maximum atomic E-state index is 12.5. The number of hydrogen-bond acceptors (Lipinski definition) is 3. The Labute approximate surface area is 129 Å². The molecule has 2 aromatic heterocycles. The van der Waals surface area contributed by atoms with Crippen LogP contribution in [0.4, 0.5) is 5.82 Å². The second kappa shape index (κ2) is 5.30. The van der Waals surface area contributed by atoms with E-state index in [9.17, 15) is 4.79 Å². The van der Waals surface area contributed by atoms with E-state index in [1.807, 2.05) is 58.0 Å². The van der Waals surface area contributed by atoms with Crippen LogP contribution in [0.1, 0.15) is 32.9 Å². The Hall–Kier alpha value is -2.62. The topological polar surface area (TPSA) is 55.1 Å². The van der Waals surface area contributed by atoms with Crippen LogP contribution in [0, 0.1) is 27.7 Å². The fourth-order valence-corrected chi connectivity index (χ4v) is 2.58. The van der Waals surface area contributed by atoms with E-state index < -0.39 is 0 Å². The number of aromatic nitrogens is 1. The number of anilines is 1. The number of pyridine rings is 1. The van der Waals surface area contributed by atoms with E-state index in [1.165, 1.54) is 0 Å². The number of para-hydroxylation sites is 1. The number of hydrogen-bond donors (Lipinski definition) is 1. The van der Waals surface area contributed by atoms with E-state index in [1.54, 1.807) is 0 Å². The molecular formula is C18H18N2O2. The Morgan fingerprint density at radius 1 is 1.09 bits per heavy atom. The first-order valence-electron chi connectivity index (χ1n) is 7.21. The second-order valence-electron chi connectivity index (χ2n) is 5.56. The van der Waals surface area contributed by atoms with Gasteiger partial charge in [0, 0.05) is 16.6 Å². The SMILES string of the molecule is Cc1cc(C)c(C)c(NC(=O)c2oc3ccccc3c2C)n1. The van der Waals surface area contributed by atoms with Crippen molar-refractivity contribution in [3.05, 3.63) is 58.5 Å². The molecule has 2 heterocycles. The van der Waals surface area contributed by atoms with Gasteiger partial charge < -0.3 is 9.73 Å². The Kier molecular flexibility index (Phi) is 3.45. The van der Waals surface area contributed by atoms with Crippen molar-refractivity contribution in [1.82, 2.24) is 4.98 Å². The predicted molar refractivity (Wildman–Crippen MR) is 87.4 cm³/mol. The van der Waals surface area contributed by atoms with E-state index in [4.69, 9.17) is 4.42 Å². The molecule has 0 saturated heterocycles. The standard InChI is InChI=1S/C18H18N2O2/c1-10-9-11(2)19-17(12(10)3)20-18(21)16-13(4)14-7-5-6-8-15(14)22-16/h5-9H,1-4H3,(H,19,20,21). The summed E-state index contributed by atoms with van der Waals surface area (Å²) in [6, 6.07) is 9.63. The minimum atomic E-state index is -0.269. The van der Waals surface area contributed by atoms with Crippen LogP contribution in [0.2, 0.25) is 0 Å². The summed E-state index contributed by atoms with van der Waals surface area (Å²) in [5.41, 5.74) is 4.50. The third kappa shape index (κ3) is 2.37. The number of aryl methyl sites for hydroxylation is 3. The van der Waals surface area contributed by atoms with Crippen molar-refractivity contribution in [2.75, 3.05) is 5.32 Å². The lowest BCUT2D eigenvalue weighted by molar-refractivity contribution is 0.0997. The fourth-order valence-electron chi connectivity index (χ4n) is 2.58. The predicted octanol–water partition coefficient (Wildman–Crippen LogP) is 4.31. The summed E-state index contributed by atoms with van der Waals surface area (Å²) in [5.74, 6) is 0.651. The van der Waals surface area contributed by atoms with Crippen molar-refractivity contribution in [3.63, 3.8) is 0 Å². The summed E-state index contributed by atoms with van der Waals surface area (Å²) in [4.78, 5) is 16.9. The first-order valence-corrected chi connectivity index (χ1v) is 7.21. The average molecular weight is 294 g/mol. The highest BCUT2D eigenvalue weighted by Gasteiger charge is 2.19. The lowest BCUT2D eigenvalue weighted by atomic mass is 10.1. The van der Waals surface area contributed by atoms with Gasteiger partial charge in [-0.15, -0.1) is 0 Å². The maximum Gasteiger partial charge on any atom is 0.292 e. The van der Waals surface area contributed by atoms with Gasteiger partial charge in [-0.25, -0.2) is 4.98 Å². The van der Waals surface area contributed by atoms with Crippen LogP contribution < -0.4 is 5.32 Å². The van der Waals surface area contributed by atoms with Crippen LogP contribution in [-0.2, 0) is 0 Å². The molecule has 0 aliphatic rings. The van der Waals surface area contributed by atoms with Crippen LogP contribution in [0.5, 0.6) is 0 Å². The van der Waals surface area contributed by atoms with Crippen molar-refractivity contribution >= 4 is 22.7 Å². The molecule has 0 aliphatic heterocycles. The van der Waals surface area contributed by atoms with Gasteiger partial charge in [-0.05, 0) is 51.0 Å². The van der Waals surface area contributed by atoms with Crippen LogP contribution >= 0.6 is 0 Å². The van der Waals surface area contributed by atoms with Crippen molar-refractivity contribution < 1.29 is 9.21 Å². The molecule has 3 aromatic rings. The van der Waals surface area contributed by atoms with Gasteiger partial charge >= 0.3 is 0 Å². The molecule has 4 heteroatoms. The van der Waals surface area contributed by atoms with Gasteiger partial charge in [0.1, 0.15) is 11.4 Å². The summed E-state index contributed by atoms with van der Waals surface area (Å²) in [6.45, 7) is 7.76. The summed E-state index contributed by atoms with van der Waals surface area (Å²) >= 11 is 0. The molecule has 3 rings (SSSR count). The van der Waals surface area contributed by atoms with E-state index in [-0.39, 0.29) is 5.91 Å². The van der Waals surface area contributed by atoms with Crippen molar-refractivity contribution in [2.45, 2.75) is 27.7 Å². The molecule has 1 N–H and O–H groups in total. The maximum absolute atomic E-state index is 12.5. The second-order valence-corrected chi connectivity index (χ2v) is 5.56. The number of benzene rings is 1. The van der Waals surface area contributed by atoms with E-state index >= 15 is 0 Å². The summed E-state index contributed by atoms with van der Waals surface area (Å²) in [5, 5.41) is 3.82. The smallest absolute Gasteiger partial charge is 0.292 e. The molecule has 4 nitrogen and oxygen atoms in total. The zero-order valence-electron chi connectivity index (χ0n) is 13.2. The van der Waals surface area contributed by atoms with Crippen molar-refractivity contribution in [2.24, 2.45) is 0 Å². The van der Waals surface area contributed by atoms with E-state index in [0.29, 0.717) is 11.6 Å². The Morgan fingerprint density at radius 2 is 1.82 bits per heavy atom. The number of nitrogens with one attached hydrogen (secondary N) is 1. The molecule has 0 radical (unpaired) electrons. The third-order valence-electron chi connectivity index (χ3n) is 3.94. The third-order valence-corrected chi connectivity index (χ3v) is 3.94. The van der Waals surface area contributed by atoms with Gasteiger partial charge in [-0.2, -0.15) is 0 Å². The molecule has 22 heavy (non-hydrogen) atoms. The molecule has 1 amide bonds. The molecule has 0 unspecified atom stereocenters. The Morgan fingerprint density at radius 3 is 2.55 bits per heavy atom. The zero-order valence-corrected chi connectivity index (χ0v) is 13.2. The molecule has 0 spiro atoms. The number of furan rings is 1. The highest BCUT2D eigenvalue weighted by Crippen LogP contribution is 2.26. The number of carbonyl (C=O) groups excluding carboxylic acids is 1. The van der Waals surface area contributed by atoms with Gasteiger partial charge in [-0.3, -0.25) is 4.79 Å². The Balaban J connectivity index is 1.99. The van der Waals surface area contributed by atoms with Crippen LogP contribution in [0.3, 0.4) is 0 Å². The summed E-state index contributed by atoms with van der Waals surface area (Å²) in [6.07, 6.45) is 0. The quantitative estimate of drug-likeness (QED) is 0.766. The highest BCUT2D eigenvalue weighted by atomic mass is 16.3. The Bertz CT molecular complexity index is 878. The normalized spacial score (nSPS) is 10.9. The monoisotopic (exact) mass is 294 g/mol. The number of nitrogens with zero attached hydrogens (tertiary/aromatic N) is 1. The van der Waals surface area contributed by atoms with Crippen LogP contribution in [-0.4, -0.2) is 10.9 Å². The minimum Gasteiger partial charge on any atom is -0.451 e. The van der Waals surface area contributed by atoms with Gasteiger partial charge in [0.15, 0.2) is 5.76 Å². The molecule has 1 aromatic carbocycles. The molecule has 112 valence electrons. The first kappa shape index (κ1) is 14.3. The molecular weight excluding hydrogens is 276 g/mol. The molecule has 0 atom stereocenters. The summed E-state index contributed by atoms with van der Waals surface area (Å²) in [7, 11) is 0.